The topological polar surface area (TPSA) is 17.1 Å². The van der Waals surface area contributed by atoms with Crippen molar-refractivity contribution in [2.75, 3.05) is 0 Å². The van der Waals surface area contributed by atoms with Gasteiger partial charge >= 0.3 is 0 Å². The van der Waals surface area contributed by atoms with Gasteiger partial charge < -0.3 is 4.79 Å². The van der Waals surface area contributed by atoms with Gasteiger partial charge in [0.25, 0.3) is 0 Å². The molecule has 0 N–H and O–H groups in total. The lowest BCUT2D eigenvalue weighted by molar-refractivity contribution is -0.107. The Hall–Kier alpha value is -1.11. The van der Waals surface area contributed by atoms with Gasteiger partial charge in [-0.15, -0.1) is 0 Å². The highest BCUT2D eigenvalue weighted by atomic mass is 16.1. The first-order valence-corrected chi connectivity index (χ1v) is 5.85. The third-order valence-electron chi connectivity index (χ3n) is 2.51. The molecule has 0 unspecified atom stereocenters. The molecule has 0 spiro atoms. The lowest BCUT2D eigenvalue weighted by atomic mass is 9.99. The van der Waals surface area contributed by atoms with Crippen molar-refractivity contribution >= 4 is 6.29 Å². The molecule has 15 heavy (non-hydrogen) atoms. The summed E-state index contributed by atoms with van der Waals surface area (Å²) in [5, 5.41) is 0. The molecule has 0 saturated heterocycles. The maximum Gasteiger partial charge on any atom is 0.124 e. The summed E-state index contributed by atoms with van der Waals surface area (Å²) in [5.74, 6) is 0. The van der Waals surface area contributed by atoms with Crippen LogP contribution in [0.4, 0.5) is 0 Å². The fourth-order valence-corrected chi connectivity index (χ4v) is 1.92. The summed E-state index contributed by atoms with van der Waals surface area (Å²) in [6, 6.07) is 6.61. The Morgan fingerprint density at radius 1 is 0.933 bits per heavy atom. The molecule has 82 valence electrons. The maximum atomic E-state index is 10.5. The third kappa shape index (κ3) is 3.86. The van der Waals surface area contributed by atoms with Crippen molar-refractivity contribution in [1.29, 1.82) is 0 Å². The molecule has 0 aliphatic carbocycles. The molecule has 0 radical (unpaired) electrons. The van der Waals surface area contributed by atoms with Crippen molar-refractivity contribution in [3.8, 4) is 0 Å². The summed E-state index contributed by atoms with van der Waals surface area (Å²) in [6.07, 6.45) is 6.09. The Kier molecular flexibility index (Phi) is 5.09. The molecule has 1 heteroatoms. The van der Waals surface area contributed by atoms with Gasteiger partial charge in [-0.05, 0) is 29.5 Å². The van der Waals surface area contributed by atoms with Crippen LogP contribution in [0.15, 0.2) is 18.2 Å². The van der Waals surface area contributed by atoms with E-state index in [9.17, 15) is 4.79 Å². The molecule has 1 aromatic carbocycles. The Labute approximate surface area is 92.5 Å². The van der Waals surface area contributed by atoms with E-state index in [-0.39, 0.29) is 0 Å². The molecule has 0 amide bonds. The average Bonchev–Trinajstić information content (AvgIpc) is 2.19. The molecule has 0 aliphatic rings. The van der Waals surface area contributed by atoms with Crippen molar-refractivity contribution in [2.45, 2.75) is 46.0 Å². The zero-order chi connectivity index (χ0) is 11.1. The predicted molar refractivity (Wildman–Crippen MR) is 64.2 cm³/mol. The minimum Gasteiger partial charge on any atom is -0.303 e. The first kappa shape index (κ1) is 12.0. The van der Waals surface area contributed by atoms with Gasteiger partial charge in [-0.1, -0.05) is 44.9 Å². The first-order valence-electron chi connectivity index (χ1n) is 5.85. The molecule has 1 rings (SSSR count). The lowest BCUT2D eigenvalue weighted by Crippen LogP contribution is -1.94. The normalized spacial score (nSPS) is 10.3. The van der Waals surface area contributed by atoms with Crippen LogP contribution in [0.2, 0.25) is 0 Å². The highest BCUT2D eigenvalue weighted by molar-refractivity contribution is 5.55. The molecule has 0 aromatic heterocycles. The van der Waals surface area contributed by atoms with E-state index in [1.165, 1.54) is 16.7 Å². The van der Waals surface area contributed by atoms with Gasteiger partial charge in [0.1, 0.15) is 6.29 Å². The number of benzene rings is 1. The number of aldehydes is 1. The molecule has 1 nitrogen and oxygen atoms in total. The summed E-state index contributed by atoms with van der Waals surface area (Å²) in [4.78, 5) is 10.5. The quantitative estimate of drug-likeness (QED) is 0.649. The average molecular weight is 204 g/mol. The van der Waals surface area contributed by atoms with Crippen molar-refractivity contribution < 1.29 is 4.79 Å². The summed E-state index contributed by atoms with van der Waals surface area (Å²) >= 11 is 0. The minimum atomic E-state index is 0.550. The molecular weight excluding hydrogens is 184 g/mol. The van der Waals surface area contributed by atoms with E-state index in [1.54, 1.807) is 0 Å². The fourth-order valence-electron chi connectivity index (χ4n) is 1.92. The van der Waals surface area contributed by atoms with Crippen molar-refractivity contribution in [3.05, 3.63) is 34.9 Å². The van der Waals surface area contributed by atoms with Gasteiger partial charge in [-0.2, -0.15) is 0 Å². The smallest absolute Gasteiger partial charge is 0.124 e. The van der Waals surface area contributed by atoms with Crippen LogP contribution in [0, 0.1) is 0 Å². The first-order chi connectivity index (χ1) is 7.30. The van der Waals surface area contributed by atoms with Crippen molar-refractivity contribution in [3.63, 3.8) is 0 Å². The summed E-state index contributed by atoms with van der Waals surface area (Å²) in [7, 11) is 0. The Morgan fingerprint density at radius 2 is 1.40 bits per heavy atom. The Bertz CT molecular complexity index is 291. The van der Waals surface area contributed by atoms with E-state index < -0.39 is 0 Å². The third-order valence-corrected chi connectivity index (χ3v) is 2.51. The van der Waals surface area contributed by atoms with Crippen molar-refractivity contribution in [2.24, 2.45) is 0 Å². The molecule has 1 aromatic rings. The molecule has 0 heterocycles. The maximum absolute atomic E-state index is 10.5. The van der Waals surface area contributed by atoms with Gasteiger partial charge in [0.2, 0.25) is 0 Å². The van der Waals surface area contributed by atoms with Crippen LogP contribution >= 0.6 is 0 Å². The van der Waals surface area contributed by atoms with Crippen LogP contribution in [-0.4, -0.2) is 6.29 Å². The van der Waals surface area contributed by atoms with Gasteiger partial charge in [0, 0.05) is 6.42 Å². The van der Waals surface area contributed by atoms with E-state index in [1.807, 2.05) is 0 Å². The van der Waals surface area contributed by atoms with Crippen LogP contribution in [0.5, 0.6) is 0 Å². The van der Waals surface area contributed by atoms with Gasteiger partial charge in [0.15, 0.2) is 0 Å². The summed E-state index contributed by atoms with van der Waals surface area (Å²) in [5.41, 5.74) is 3.92. The Morgan fingerprint density at radius 3 is 1.80 bits per heavy atom. The SMILES string of the molecule is CCCc1cc(CC=O)cc(CCC)c1. The number of rotatable bonds is 6. The van der Waals surface area contributed by atoms with Crippen LogP contribution in [0.3, 0.4) is 0 Å². The van der Waals surface area contributed by atoms with E-state index in [0.717, 1.165) is 32.0 Å². The predicted octanol–water partition coefficient (Wildman–Crippen LogP) is 3.33. The highest BCUT2D eigenvalue weighted by Crippen LogP contribution is 2.14. The standard InChI is InChI=1S/C14H20O/c1-3-5-12-9-13(6-4-2)11-14(10-12)7-8-15/h8-11H,3-7H2,1-2H3. The van der Waals surface area contributed by atoms with Gasteiger partial charge in [-0.25, -0.2) is 0 Å². The highest BCUT2D eigenvalue weighted by Gasteiger charge is 2.00. The van der Waals surface area contributed by atoms with E-state index in [2.05, 4.69) is 32.0 Å². The van der Waals surface area contributed by atoms with E-state index in [0.29, 0.717) is 6.42 Å². The fraction of sp³-hybridized carbons (Fsp3) is 0.500. The second-order valence-electron chi connectivity index (χ2n) is 4.03. The molecule has 0 aliphatic heterocycles. The minimum absolute atomic E-state index is 0.550. The second kappa shape index (κ2) is 6.39. The number of hydrogen-bond donors (Lipinski definition) is 0. The largest absolute Gasteiger partial charge is 0.303 e. The number of carbonyl (C=O) groups is 1. The molecule has 0 bridgehead atoms. The number of hydrogen-bond acceptors (Lipinski definition) is 1. The second-order valence-corrected chi connectivity index (χ2v) is 4.03. The van der Waals surface area contributed by atoms with Crippen LogP contribution in [0.1, 0.15) is 43.4 Å². The zero-order valence-electron chi connectivity index (χ0n) is 9.75. The molecule has 0 atom stereocenters. The summed E-state index contributed by atoms with van der Waals surface area (Å²) < 4.78 is 0. The monoisotopic (exact) mass is 204 g/mol. The number of aryl methyl sites for hydroxylation is 2. The van der Waals surface area contributed by atoms with Gasteiger partial charge in [0.05, 0.1) is 0 Å². The zero-order valence-corrected chi connectivity index (χ0v) is 9.75. The molecule has 0 saturated carbocycles. The van der Waals surface area contributed by atoms with Crippen molar-refractivity contribution in [1.82, 2.24) is 0 Å². The lowest BCUT2D eigenvalue weighted by Gasteiger charge is -2.07. The van der Waals surface area contributed by atoms with Gasteiger partial charge in [-0.3, -0.25) is 0 Å². The van der Waals surface area contributed by atoms with Crippen LogP contribution in [-0.2, 0) is 24.1 Å². The molecular formula is C14H20O. The molecule has 0 fully saturated rings. The van der Waals surface area contributed by atoms with E-state index >= 15 is 0 Å². The summed E-state index contributed by atoms with van der Waals surface area (Å²) in [6.45, 7) is 4.37. The number of carbonyl (C=O) groups excluding carboxylic acids is 1. The van der Waals surface area contributed by atoms with Crippen LogP contribution < -0.4 is 0 Å². The Balaban J connectivity index is 2.91. The van der Waals surface area contributed by atoms with Crippen LogP contribution in [0.25, 0.3) is 0 Å². The van der Waals surface area contributed by atoms with E-state index in [4.69, 9.17) is 0 Å².